The first-order chi connectivity index (χ1) is 12.6. The van der Waals surface area contributed by atoms with Crippen LogP contribution in [0.5, 0.6) is 5.75 Å². The predicted octanol–water partition coefficient (Wildman–Crippen LogP) is 5.50. The van der Waals surface area contributed by atoms with Crippen LogP contribution in [0, 0.1) is 0 Å². The molecular formula is C21H28O5. The van der Waals surface area contributed by atoms with E-state index in [4.69, 9.17) is 9.47 Å². The molecule has 1 aromatic carbocycles. The Hall–Kier alpha value is -2.17. The maximum atomic E-state index is 12.3. The lowest BCUT2D eigenvalue weighted by Gasteiger charge is -2.12. The highest BCUT2D eigenvalue weighted by molar-refractivity contribution is 5.98. The lowest BCUT2D eigenvalue weighted by molar-refractivity contribution is 0.0611. The van der Waals surface area contributed by atoms with Gasteiger partial charge in [-0.2, -0.15) is 0 Å². The van der Waals surface area contributed by atoms with Crippen molar-refractivity contribution in [1.29, 1.82) is 0 Å². The summed E-state index contributed by atoms with van der Waals surface area (Å²) in [6.45, 7) is 2.15. The van der Waals surface area contributed by atoms with Gasteiger partial charge < -0.3 is 9.47 Å². The van der Waals surface area contributed by atoms with E-state index >= 15 is 0 Å². The monoisotopic (exact) mass is 360 g/mol. The first-order valence-electron chi connectivity index (χ1n) is 9.65. The normalized spacial score (nSPS) is 14.2. The van der Waals surface area contributed by atoms with E-state index in [2.05, 4.69) is 6.92 Å². The topological polar surface area (TPSA) is 69.7 Å². The van der Waals surface area contributed by atoms with Crippen LogP contribution in [0.25, 0.3) is 0 Å². The lowest BCUT2D eigenvalue weighted by Crippen LogP contribution is -2.18. The number of aldehydes is 1. The standard InChI is InChI=1S/C21H28O5/c1-2-3-4-5-6-11-19(23)16-12-13-20(17(14-16)15-22)26-21(24)25-18-9-7-8-10-18/h12-15,18H,2-11H2,1H3. The minimum Gasteiger partial charge on any atom is -0.431 e. The molecule has 0 unspecified atom stereocenters. The Labute approximate surface area is 155 Å². The molecule has 0 aliphatic heterocycles. The second kappa shape index (κ2) is 10.7. The molecule has 0 atom stereocenters. The number of hydrogen-bond donors (Lipinski definition) is 0. The highest BCUT2D eigenvalue weighted by Gasteiger charge is 2.21. The fourth-order valence-corrected chi connectivity index (χ4v) is 3.20. The molecule has 0 spiro atoms. The van der Waals surface area contributed by atoms with Gasteiger partial charge in [-0.05, 0) is 50.3 Å². The average Bonchev–Trinajstić information content (AvgIpc) is 3.14. The van der Waals surface area contributed by atoms with Crippen LogP contribution in [0.1, 0.15) is 91.8 Å². The van der Waals surface area contributed by atoms with E-state index in [1.807, 2.05) is 0 Å². The third kappa shape index (κ3) is 6.28. The summed E-state index contributed by atoms with van der Waals surface area (Å²) in [4.78, 5) is 35.4. The molecule has 5 heteroatoms. The maximum Gasteiger partial charge on any atom is 0.514 e. The summed E-state index contributed by atoms with van der Waals surface area (Å²) in [7, 11) is 0. The second-order valence-electron chi connectivity index (χ2n) is 6.83. The van der Waals surface area contributed by atoms with Crippen molar-refractivity contribution in [3.8, 4) is 5.75 Å². The van der Waals surface area contributed by atoms with Gasteiger partial charge in [-0.3, -0.25) is 9.59 Å². The van der Waals surface area contributed by atoms with Crippen molar-refractivity contribution in [1.82, 2.24) is 0 Å². The SMILES string of the molecule is CCCCCCCC(=O)c1ccc(OC(=O)OC2CCCC2)c(C=O)c1. The van der Waals surface area contributed by atoms with Gasteiger partial charge in [0.1, 0.15) is 11.9 Å². The van der Waals surface area contributed by atoms with Gasteiger partial charge in [0.25, 0.3) is 0 Å². The molecule has 0 radical (unpaired) electrons. The van der Waals surface area contributed by atoms with Crippen LogP contribution >= 0.6 is 0 Å². The molecule has 142 valence electrons. The number of carbonyl (C=O) groups excluding carboxylic acids is 3. The number of ether oxygens (including phenoxy) is 2. The van der Waals surface area contributed by atoms with E-state index in [0.717, 1.165) is 44.9 Å². The highest BCUT2D eigenvalue weighted by atomic mass is 16.7. The van der Waals surface area contributed by atoms with Gasteiger partial charge in [0.2, 0.25) is 0 Å². The van der Waals surface area contributed by atoms with E-state index in [9.17, 15) is 14.4 Å². The molecule has 1 aliphatic carbocycles. The van der Waals surface area contributed by atoms with E-state index < -0.39 is 6.16 Å². The molecular weight excluding hydrogens is 332 g/mol. The quantitative estimate of drug-likeness (QED) is 0.181. The minimum atomic E-state index is -0.796. The Morgan fingerprint density at radius 1 is 1.12 bits per heavy atom. The number of Topliss-reactive ketones (excluding diaryl/α,β-unsaturated/α-hetero) is 1. The summed E-state index contributed by atoms with van der Waals surface area (Å²) in [5.74, 6) is 0.132. The van der Waals surface area contributed by atoms with Crippen LogP contribution < -0.4 is 4.74 Å². The van der Waals surface area contributed by atoms with Crippen molar-refractivity contribution in [3.05, 3.63) is 29.3 Å². The largest absolute Gasteiger partial charge is 0.514 e. The van der Waals surface area contributed by atoms with Crippen molar-refractivity contribution in [2.45, 2.75) is 77.2 Å². The number of ketones is 1. The second-order valence-corrected chi connectivity index (χ2v) is 6.83. The third-order valence-corrected chi connectivity index (χ3v) is 4.72. The number of benzene rings is 1. The Morgan fingerprint density at radius 2 is 1.85 bits per heavy atom. The molecule has 1 fully saturated rings. The van der Waals surface area contributed by atoms with Crippen molar-refractivity contribution >= 4 is 18.2 Å². The summed E-state index contributed by atoms with van der Waals surface area (Å²) >= 11 is 0. The number of hydrogen-bond acceptors (Lipinski definition) is 5. The van der Waals surface area contributed by atoms with Gasteiger partial charge in [0.05, 0.1) is 5.56 Å². The number of rotatable bonds is 10. The zero-order valence-corrected chi connectivity index (χ0v) is 15.5. The van der Waals surface area contributed by atoms with Crippen LogP contribution in [0.3, 0.4) is 0 Å². The van der Waals surface area contributed by atoms with Crippen LogP contribution in [0.4, 0.5) is 4.79 Å². The Kier molecular flexibility index (Phi) is 8.32. The average molecular weight is 360 g/mol. The smallest absolute Gasteiger partial charge is 0.431 e. The summed E-state index contributed by atoms with van der Waals surface area (Å²) in [6, 6.07) is 4.57. The molecule has 0 amide bonds. The molecule has 0 aromatic heterocycles. The van der Waals surface area contributed by atoms with Crippen LogP contribution in [-0.4, -0.2) is 24.3 Å². The molecule has 2 rings (SSSR count). The van der Waals surface area contributed by atoms with Crippen LogP contribution in [0.15, 0.2) is 18.2 Å². The molecule has 26 heavy (non-hydrogen) atoms. The Morgan fingerprint density at radius 3 is 2.54 bits per heavy atom. The molecule has 1 aliphatic rings. The first kappa shape index (κ1) is 20.1. The highest BCUT2D eigenvalue weighted by Crippen LogP contribution is 2.24. The molecule has 0 heterocycles. The summed E-state index contributed by atoms with van der Waals surface area (Å²) in [5.41, 5.74) is 0.657. The van der Waals surface area contributed by atoms with E-state index in [-0.39, 0.29) is 23.2 Å². The van der Waals surface area contributed by atoms with Gasteiger partial charge in [0.15, 0.2) is 12.1 Å². The lowest BCUT2D eigenvalue weighted by atomic mass is 10.0. The molecule has 1 saturated carbocycles. The number of unbranched alkanes of at least 4 members (excludes halogenated alkanes) is 4. The third-order valence-electron chi connectivity index (χ3n) is 4.72. The van der Waals surface area contributed by atoms with Crippen molar-refractivity contribution in [2.75, 3.05) is 0 Å². The molecule has 0 bridgehead atoms. The Balaban J connectivity index is 1.90. The Bertz CT molecular complexity index is 617. The fourth-order valence-electron chi connectivity index (χ4n) is 3.20. The van der Waals surface area contributed by atoms with E-state index in [0.29, 0.717) is 18.3 Å². The van der Waals surface area contributed by atoms with Gasteiger partial charge in [-0.15, -0.1) is 0 Å². The molecule has 0 N–H and O–H groups in total. The molecule has 1 aromatic rings. The van der Waals surface area contributed by atoms with Gasteiger partial charge in [0, 0.05) is 12.0 Å². The molecule has 5 nitrogen and oxygen atoms in total. The summed E-state index contributed by atoms with van der Waals surface area (Å²) in [5, 5.41) is 0. The van der Waals surface area contributed by atoms with E-state index in [1.165, 1.54) is 25.0 Å². The van der Waals surface area contributed by atoms with Gasteiger partial charge in [-0.1, -0.05) is 32.6 Å². The van der Waals surface area contributed by atoms with E-state index in [1.54, 1.807) is 6.07 Å². The maximum absolute atomic E-state index is 12.3. The number of carbonyl (C=O) groups is 3. The zero-order chi connectivity index (χ0) is 18.8. The summed E-state index contributed by atoms with van der Waals surface area (Å²) < 4.78 is 10.4. The van der Waals surface area contributed by atoms with Crippen molar-refractivity contribution in [3.63, 3.8) is 0 Å². The van der Waals surface area contributed by atoms with Gasteiger partial charge >= 0.3 is 6.16 Å². The zero-order valence-electron chi connectivity index (χ0n) is 15.5. The van der Waals surface area contributed by atoms with Crippen LogP contribution in [0.2, 0.25) is 0 Å². The first-order valence-corrected chi connectivity index (χ1v) is 9.65. The van der Waals surface area contributed by atoms with Crippen molar-refractivity contribution < 1.29 is 23.9 Å². The molecule has 0 saturated heterocycles. The van der Waals surface area contributed by atoms with Crippen LogP contribution in [-0.2, 0) is 4.74 Å². The van der Waals surface area contributed by atoms with Gasteiger partial charge in [-0.25, -0.2) is 4.79 Å². The van der Waals surface area contributed by atoms with Crippen molar-refractivity contribution in [2.24, 2.45) is 0 Å². The summed E-state index contributed by atoms with van der Waals surface area (Å²) in [6.07, 6.45) is 9.33. The fraction of sp³-hybridized carbons (Fsp3) is 0.571. The predicted molar refractivity (Wildman–Crippen MR) is 98.9 cm³/mol. The minimum absolute atomic E-state index is 0.00433.